The number of nitrogens with zero attached hydrogens (tertiary/aromatic N) is 1. The van der Waals surface area contributed by atoms with Gasteiger partial charge in [-0.15, -0.1) is 11.8 Å². The van der Waals surface area contributed by atoms with Gasteiger partial charge in [-0.1, -0.05) is 6.07 Å². The molecule has 2 aliphatic heterocycles. The lowest BCUT2D eigenvalue weighted by atomic mass is 10.1. The van der Waals surface area contributed by atoms with Gasteiger partial charge in [-0.05, 0) is 6.07 Å². The second-order valence-electron chi connectivity index (χ2n) is 5.46. The number of ether oxygens (including phenoxy) is 3. The van der Waals surface area contributed by atoms with E-state index in [2.05, 4.69) is 5.32 Å². The highest BCUT2D eigenvalue weighted by atomic mass is 32.2. The van der Waals surface area contributed by atoms with E-state index in [1.54, 1.807) is 29.8 Å². The molecule has 0 bridgehead atoms. The lowest BCUT2D eigenvalue weighted by molar-refractivity contribution is -0.124. The number of carbonyl (C=O) groups is 2. The predicted octanol–water partition coefficient (Wildman–Crippen LogP) is 1.04. The Morgan fingerprint density at radius 1 is 1.33 bits per heavy atom. The zero-order valence-corrected chi connectivity index (χ0v) is 14.6. The van der Waals surface area contributed by atoms with Gasteiger partial charge in [-0.25, -0.2) is 0 Å². The number of carbonyl (C=O) groups excluding carboxylic acids is 2. The Bertz CT molecular complexity index is 666. The van der Waals surface area contributed by atoms with Gasteiger partial charge < -0.3 is 24.4 Å². The summed E-state index contributed by atoms with van der Waals surface area (Å²) in [6.07, 6.45) is 0. The van der Waals surface area contributed by atoms with Crippen molar-refractivity contribution in [1.29, 1.82) is 0 Å². The third-order valence-corrected chi connectivity index (χ3v) is 5.51. The minimum absolute atomic E-state index is 0.158. The van der Waals surface area contributed by atoms with Crippen LogP contribution < -0.4 is 14.8 Å². The van der Waals surface area contributed by atoms with E-state index in [4.69, 9.17) is 14.2 Å². The normalized spacial score (nSPS) is 21.5. The molecule has 130 valence electrons. The summed E-state index contributed by atoms with van der Waals surface area (Å²) >= 11 is 1.58. The van der Waals surface area contributed by atoms with E-state index >= 15 is 0 Å². The topological polar surface area (TPSA) is 77.1 Å². The van der Waals surface area contributed by atoms with Crippen LogP contribution in [0, 0.1) is 0 Å². The van der Waals surface area contributed by atoms with E-state index in [1.807, 2.05) is 6.07 Å². The lowest BCUT2D eigenvalue weighted by Gasteiger charge is -2.22. The minimum Gasteiger partial charge on any atom is -0.493 e. The second-order valence-corrected chi connectivity index (χ2v) is 6.58. The molecule has 1 aromatic rings. The van der Waals surface area contributed by atoms with Crippen molar-refractivity contribution in [2.24, 2.45) is 0 Å². The van der Waals surface area contributed by atoms with Crippen molar-refractivity contribution in [3.05, 3.63) is 23.3 Å². The number of fused-ring (bicyclic) bond motifs is 3. The Kier molecular flexibility index (Phi) is 4.86. The fraction of sp³-hybridized carbons (Fsp3) is 0.500. The SMILES string of the molecule is COCCNC(=O)[C@@H]1CSC2c3ccc(OC)c(OC)c3C(=O)N21. The summed E-state index contributed by atoms with van der Waals surface area (Å²) in [7, 11) is 4.62. The van der Waals surface area contributed by atoms with Crippen LogP contribution in [0.3, 0.4) is 0 Å². The molecule has 1 saturated heterocycles. The van der Waals surface area contributed by atoms with Crippen LogP contribution in [0.15, 0.2) is 12.1 Å². The highest BCUT2D eigenvalue weighted by Crippen LogP contribution is 2.52. The van der Waals surface area contributed by atoms with Crippen LogP contribution in [-0.4, -0.2) is 63.0 Å². The summed E-state index contributed by atoms with van der Waals surface area (Å²) in [5, 5.41) is 2.65. The molecular formula is C16H20N2O5S. The van der Waals surface area contributed by atoms with Crippen LogP contribution in [0.2, 0.25) is 0 Å². The molecule has 1 aromatic carbocycles. The Morgan fingerprint density at radius 3 is 2.79 bits per heavy atom. The highest BCUT2D eigenvalue weighted by Gasteiger charge is 2.50. The van der Waals surface area contributed by atoms with Crippen molar-refractivity contribution >= 4 is 23.6 Å². The van der Waals surface area contributed by atoms with Gasteiger partial charge in [0, 0.05) is 25.0 Å². The first-order valence-corrected chi connectivity index (χ1v) is 8.64. The van der Waals surface area contributed by atoms with Crippen LogP contribution in [-0.2, 0) is 9.53 Å². The minimum atomic E-state index is -0.493. The van der Waals surface area contributed by atoms with E-state index in [1.165, 1.54) is 14.2 Å². The Hall–Kier alpha value is -1.93. The molecule has 2 heterocycles. The molecule has 1 fully saturated rings. The van der Waals surface area contributed by atoms with E-state index in [0.717, 1.165) is 5.56 Å². The van der Waals surface area contributed by atoms with Gasteiger partial charge in [0.25, 0.3) is 5.91 Å². The smallest absolute Gasteiger partial charge is 0.260 e. The van der Waals surface area contributed by atoms with Crippen LogP contribution in [0.5, 0.6) is 11.5 Å². The zero-order valence-electron chi connectivity index (χ0n) is 13.8. The average Bonchev–Trinajstić information content (AvgIpc) is 3.14. The first-order chi connectivity index (χ1) is 11.6. The van der Waals surface area contributed by atoms with Crippen molar-refractivity contribution in [2.45, 2.75) is 11.4 Å². The third kappa shape index (κ3) is 2.59. The monoisotopic (exact) mass is 352 g/mol. The van der Waals surface area contributed by atoms with Crippen LogP contribution >= 0.6 is 11.8 Å². The van der Waals surface area contributed by atoms with Crippen molar-refractivity contribution in [2.75, 3.05) is 40.2 Å². The van der Waals surface area contributed by atoms with Crippen LogP contribution in [0.4, 0.5) is 0 Å². The van der Waals surface area contributed by atoms with Gasteiger partial charge in [-0.2, -0.15) is 0 Å². The summed E-state index contributed by atoms with van der Waals surface area (Å²) < 4.78 is 15.6. The Labute approximate surface area is 144 Å². The largest absolute Gasteiger partial charge is 0.493 e. The molecule has 0 aromatic heterocycles. The molecule has 2 aliphatic rings. The lowest BCUT2D eigenvalue weighted by Crippen LogP contribution is -2.46. The quantitative estimate of drug-likeness (QED) is 0.771. The zero-order chi connectivity index (χ0) is 17.3. The first-order valence-electron chi connectivity index (χ1n) is 7.59. The maximum atomic E-state index is 12.9. The number of amides is 2. The summed E-state index contributed by atoms with van der Waals surface area (Å²) in [6.45, 7) is 0.863. The molecular weight excluding hydrogens is 332 g/mol. The summed E-state index contributed by atoms with van der Waals surface area (Å²) in [5.41, 5.74) is 1.36. The maximum Gasteiger partial charge on any atom is 0.260 e. The van der Waals surface area contributed by atoms with Gasteiger partial charge in [-0.3, -0.25) is 9.59 Å². The molecule has 7 nitrogen and oxygen atoms in total. The number of nitrogens with one attached hydrogen (secondary N) is 1. The molecule has 0 spiro atoms. The highest BCUT2D eigenvalue weighted by molar-refractivity contribution is 7.99. The fourth-order valence-corrected chi connectivity index (χ4v) is 4.54. The fourth-order valence-electron chi connectivity index (χ4n) is 3.09. The maximum absolute atomic E-state index is 12.9. The van der Waals surface area contributed by atoms with Crippen molar-refractivity contribution in [3.63, 3.8) is 0 Å². The second kappa shape index (κ2) is 6.90. The van der Waals surface area contributed by atoms with Gasteiger partial charge in [0.2, 0.25) is 5.91 Å². The van der Waals surface area contributed by atoms with Crippen LogP contribution in [0.25, 0.3) is 0 Å². The first kappa shape index (κ1) is 16.9. The van der Waals surface area contributed by atoms with Crippen molar-refractivity contribution in [3.8, 4) is 11.5 Å². The van der Waals surface area contributed by atoms with Gasteiger partial charge >= 0.3 is 0 Å². The van der Waals surface area contributed by atoms with Gasteiger partial charge in [0.05, 0.1) is 26.4 Å². The molecule has 3 rings (SSSR count). The predicted molar refractivity (Wildman–Crippen MR) is 89.6 cm³/mol. The summed E-state index contributed by atoms with van der Waals surface area (Å²) in [6, 6.07) is 3.17. The number of hydrogen-bond donors (Lipinski definition) is 1. The number of methoxy groups -OCH3 is 3. The third-order valence-electron chi connectivity index (χ3n) is 4.20. The number of hydrogen-bond acceptors (Lipinski definition) is 6. The van der Waals surface area contributed by atoms with E-state index in [0.29, 0.717) is 36.0 Å². The molecule has 2 atom stereocenters. The standard InChI is InChI=1S/C16H20N2O5S/c1-21-7-6-17-14(19)10-8-24-16-9-4-5-11(22-2)13(23-3)12(9)15(20)18(10)16/h4-5,10,16H,6-8H2,1-3H3,(H,17,19)/t10-,16?/m0/s1. The molecule has 24 heavy (non-hydrogen) atoms. The average molecular weight is 352 g/mol. The number of benzene rings is 1. The van der Waals surface area contributed by atoms with Crippen LogP contribution in [0.1, 0.15) is 21.3 Å². The van der Waals surface area contributed by atoms with Crippen molar-refractivity contribution < 1.29 is 23.8 Å². The Morgan fingerprint density at radius 2 is 2.12 bits per heavy atom. The van der Waals surface area contributed by atoms with Gasteiger partial charge in [0.15, 0.2) is 11.5 Å². The summed E-state index contributed by atoms with van der Waals surface area (Å²) in [5.74, 6) is 1.16. The molecule has 2 amide bonds. The molecule has 0 radical (unpaired) electrons. The molecule has 1 unspecified atom stereocenters. The Balaban J connectivity index is 1.88. The molecule has 8 heteroatoms. The van der Waals surface area contributed by atoms with E-state index in [-0.39, 0.29) is 17.2 Å². The molecule has 0 aliphatic carbocycles. The molecule has 1 N–H and O–H groups in total. The van der Waals surface area contributed by atoms with Gasteiger partial charge in [0.1, 0.15) is 11.4 Å². The number of rotatable bonds is 6. The van der Waals surface area contributed by atoms with E-state index in [9.17, 15) is 9.59 Å². The number of thioether (sulfide) groups is 1. The summed E-state index contributed by atoms with van der Waals surface area (Å²) in [4.78, 5) is 27.0. The van der Waals surface area contributed by atoms with Crippen molar-refractivity contribution in [1.82, 2.24) is 10.2 Å². The molecule has 0 saturated carbocycles. The van der Waals surface area contributed by atoms with E-state index < -0.39 is 6.04 Å².